The lowest BCUT2D eigenvalue weighted by atomic mass is 10.1. The summed E-state index contributed by atoms with van der Waals surface area (Å²) in [4.78, 5) is 20.5. The predicted octanol–water partition coefficient (Wildman–Crippen LogP) is 4.55. The molecular weight excluding hydrogens is 320 g/mol. The van der Waals surface area contributed by atoms with Gasteiger partial charge in [-0.2, -0.15) is 0 Å². The molecule has 4 nitrogen and oxygen atoms in total. The Kier molecular flexibility index (Phi) is 4.62. The monoisotopic (exact) mass is 340 g/mol. The van der Waals surface area contributed by atoms with Crippen LogP contribution in [0.5, 0.6) is 5.75 Å². The van der Waals surface area contributed by atoms with Crippen LogP contribution in [0.4, 0.5) is 0 Å². The standard InChI is InChI=1S/C19H20N2O2S/c1-11-9-16-17(10-12(11)2)21-19(20-16)24-13(3)18(22)14-5-7-15(23-4)8-6-14/h5-10,13H,1-4H3,(H,20,21). The van der Waals surface area contributed by atoms with Crippen LogP contribution in [0, 0.1) is 13.8 Å². The highest BCUT2D eigenvalue weighted by molar-refractivity contribution is 8.00. The van der Waals surface area contributed by atoms with Crippen molar-refractivity contribution in [1.29, 1.82) is 0 Å². The Morgan fingerprint density at radius 3 is 2.50 bits per heavy atom. The zero-order valence-corrected chi connectivity index (χ0v) is 15.0. The van der Waals surface area contributed by atoms with Crippen LogP contribution in [0.1, 0.15) is 28.4 Å². The summed E-state index contributed by atoms with van der Waals surface area (Å²) < 4.78 is 5.13. The summed E-state index contributed by atoms with van der Waals surface area (Å²) in [5.74, 6) is 0.824. The number of methoxy groups -OCH3 is 1. The Balaban J connectivity index is 1.78. The summed E-state index contributed by atoms with van der Waals surface area (Å²) in [7, 11) is 1.61. The van der Waals surface area contributed by atoms with Gasteiger partial charge in [-0.25, -0.2) is 4.98 Å². The average molecular weight is 340 g/mol. The number of imidazole rings is 1. The van der Waals surface area contributed by atoms with E-state index in [0.29, 0.717) is 5.56 Å². The highest BCUT2D eigenvalue weighted by Gasteiger charge is 2.18. The number of ether oxygens (including phenoxy) is 1. The van der Waals surface area contributed by atoms with Crippen molar-refractivity contribution in [2.75, 3.05) is 7.11 Å². The minimum atomic E-state index is -0.221. The molecule has 0 amide bonds. The van der Waals surface area contributed by atoms with Gasteiger partial charge in [-0.15, -0.1) is 0 Å². The van der Waals surface area contributed by atoms with E-state index in [-0.39, 0.29) is 11.0 Å². The molecule has 1 unspecified atom stereocenters. The predicted molar refractivity (Wildman–Crippen MR) is 98.2 cm³/mol. The SMILES string of the molecule is COc1ccc(C(=O)C(C)Sc2nc3cc(C)c(C)cc3[nH]2)cc1. The number of aromatic amines is 1. The van der Waals surface area contributed by atoms with Crippen molar-refractivity contribution < 1.29 is 9.53 Å². The molecule has 124 valence electrons. The molecule has 0 bridgehead atoms. The first kappa shape index (κ1) is 16.6. The molecule has 0 radical (unpaired) electrons. The Labute approximate surface area is 145 Å². The Morgan fingerprint density at radius 1 is 1.17 bits per heavy atom. The van der Waals surface area contributed by atoms with Gasteiger partial charge in [0.1, 0.15) is 5.75 Å². The molecule has 0 fully saturated rings. The normalized spacial score (nSPS) is 12.3. The van der Waals surface area contributed by atoms with Crippen LogP contribution < -0.4 is 4.74 Å². The fourth-order valence-electron chi connectivity index (χ4n) is 2.51. The number of H-pyrrole nitrogens is 1. The van der Waals surface area contributed by atoms with Gasteiger partial charge in [0.15, 0.2) is 10.9 Å². The van der Waals surface area contributed by atoms with Crippen LogP contribution in [0.3, 0.4) is 0 Å². The summed E-state index contributed by atoms with van der Waals surface area (Å²) in [5.41, 5.74) is 5.06. The lowest BCUT2D eigenvalue weighted by molar-refractivity contribution is 0.0994. The molecule has 24 heavy (non-hydrogen) atoms. The van der Waals surface area contributed by atoms with E-state index in [9.17, 15) is 4.79 Å². The third-order valence-corrected chi connectivity index (χ3v) is 5.09. The number of benzene rings is 2. The average Bonchev–Trinajstić information content (AvgIpc) is 2.95. The number of carbonyl (C=O) groups excluding carboxylic acids is 1. The van der Waals surface area contributed by atoms with E-state index in [1.165, 1.54) is 22.9 Å². The first-order valence-electron chi connectivity index (χ1n) is 7.80. The molecule has 1 N–H and O–H groups in total. The highest BCUT2D eigenvalue weighted by Crippen LogP contribution is 2.27. The number of fused-ring (bicyclic) bond motifs is 1. The molecule has 5 heteroatoms. The highest BCUT2D eigenvalue weighted by atomic mass is 32.2. The molecule has 1 heterocycles. The number of rotatable bonds is 5. The second-order valence-corrected chi connectivity index (χ2v) is 7.18. The van der Waals surface area contributed by atoms with Crippen molar-refractivity contribution in [3.05, 3.63) is 53.1 Å². The smallest absolute Gasteiger partial charge is 0.175 e. The maximum Gasteiger partial charge on any atom is 0.175 e. The van der Waals surface area contributed by atoms with Crippen LogP contribution in [0.25, 0.3) is 11.0 Å². The van der Waals surface area contributed by atoms with Crippen molar-refractivity contribution in [3.63, 3.8) is 0 Å². The van der Waals surface area contributed by atoms with E-state index in [0.717, 1.165) is 21.9 Å². The molecule has 1 atom stereocenters. The zero-order valence-electron chi connectivity index (χ0n) is 14.2. The molecular formula is C19H20N2O2S. The number of nitrogens with zero attached hydrogens (tertiary/aromatic N) is 1. The van der Waals surface area contributed by atoms with Crippen molar-refractivity contribution >= 4 is 28.6 Å². The van der Waals surface area contributed by atoms with Gasteiger partial charge < -0.3 is 9.72 Å². The lowest BCUT2D eigenvalue weighted by Gasteiger charge is -2.08. The fourth-order valence-corrected chi connectivity index (χ4v) is 3.41. The molecule has 0 aliphatic carbocycles. The Morgan fingerprint density at radius 2 is 1.83 bits per heavy atom. The van der Waals surface area contributed by atoms with Gasteiger partial charge in [0, 0.05) is 5.56 Å². The number of thioether (sulfide) groups is 1. The Hall–Kier alpha value is -2.27. The zero-order chi connectivity index (χ0) is 17.3. The van der Waals surface area contributed by atoms with E-state index in [1.54, 1.807) is 31.4 Å². The van der Waals surface area contributed by atoms with Gasteiger partial charge in [-0.05, 0) is 68.3 Å². The fraction of sp³-hybridized carbons (Fsp3) is 0.263. The van der Waals surface area contributed by atoms with Crippen LogP contribution in [0.2, 0.25) is 0 Å². The second kappa shape index (κ2) is 6.69. The summed E-state index contributed by atoms with van der Waals surface area (Å²) >= 11 is 1.45. The number of hydrogen-bond donors (Lipinski definition) is 1. The van der Waals surface area contributed by atoms with Gasteiger partial charge >= 0.3 is 0 Å². The molecule has 1 aromatic heterocycles. The minimum absolute atomic E-state index is 0.0791. The first-order chi connectivity index (χ1) is 11.5. The summed E-state index contributed by atoms with van der Waals surface area (Å²) in [5, 5.41) is 0.547. The third-order valence-electron chi connectivity index (χ3n) is 4.11. The second-order valence-electron chi connectivity index (χ2n) is 5.85. The van der Waals surface area contributed by atoms with E-state index < -0.39 is 0 Å². The first-order valence-corrected chi connectivity index (χ1v) is 8.68. The summed E-state index contributed by atoms with van der Waals surface area (Å²) in [6.45, 7) is 6.06. The topological polar surface area (TPSA) is 55.0 Å². The molecule has 0 spiro atoms. The van der Waals surface area contributed by atoms with Gasteiger partial charge in [0.05, 0.1) is 23.4 Å². The lowest BCUT2D eigenvalue weighted by Crippen LogP contribution is -2.13. The van der Waals surface area contributed by atoms with Crippen LogP contribution in [-0.2, 0) is 0 Å². The largest absolute Gasteiger partial charge is 0.497 e. The van der Waals surface area contributed by atoms with E-state index in [4.69, 9.17) is 4.74 Å². The van der Waals surface area contributed by atoms with Crippen LogP contribution in [0.15, 0.2) is 41.6 Å². The van der Waals surface area contributed by atoms with Gasteiger partial charge in [0.2, 0.25) is 0 Å². The minimum Gasteiger partial charge on any atom is -0.497 e. The van der Waals surface area contributed by atoms with Crippen LogP contribution >= 0.6 is 11.8 Å². The van der Waals surface area contributed by atoms with Crippen molar-refractivity contribution in [2.24, 2.45) is 0 Å². The molecule has 2 aromatic carbocycles. The van der Waals surface area contributed by atoms with E-state index in [2.05, 4.69) is 35.9 Å². The van der Waals surface area contributed by atoms with Gasteiger partial charge in [-0.1, -0.05) is 11.8 Å². The summed E-state index contributed by atoms with van der Waals surface area (Å²) in [6, 6.07) is 11.4. The molecule has 0 saturated carbocycles. The van der Waals surface area contributed by atoms with Crippen molar-refractivity contribution in [3.8, 4) is 5.75 Å². The molecule has 3 rings (SSSR count). The van der Waals surface area contributed by atoms with E-state index in [1.807, 2.05) is 6.92 Å². The maximum absolute atomic E-state index is 12.6. The number of Topliss-reactive ketones (excluding diaryl/α,β-unsaturated/α-hetero) is 1. The van der Waals surface area contributed by atoms with Crippen molar-refractivity contribution in [1.82, 2.24) is 9.97 Å². The number of nitrogens with one attached hydrogen (secondary N) is 1. The molecule has 0 aliphatic rings. The third kappa shape index (κ3) is 3.31. The molecule has 3 aromatic rings. The summed E-state index contributed by atoms with van der Waals surface area (Å²) in [6.07, 6.45) is 0. The molecule has 0 saturated heterocycles. The number of carbonyl (C=O) groups is 1. The van der Waals surface area contributed by atoms with Gasteiger partial charge in [-0.3, -0.25) is 4.79 Å². The quantitative estimate of drug-likeness (QED) is 0.547. The number of aryl methyl sites for hydroxylation is 2. The Bertz CT molecular complexity index is 845. The van der Waals surface area contributed by atoms with Crippen LogP contribution in [-0.4, -0.2) is 28.1 Å². The van der Waals surface area contributed by atoms with E-state index >= 15 is 0 Å². The molecule has 0 aliphatic heterocycles. The maximum atomic E-state index is 12.6. The number of aromatic nitrogens is 2. The van der Waals surface area contributed by atoms with Crippen molar-refractivity contribution in [2.45, 2.75) is 31.2 Å². The van der Waals surface area contributed by atoms with Gasteiger partial charge in [0.25, 0.3) is 0 Å². The number of ketones is 1. The number of hydrogen-bond acceptors (Lipinski definition) is 4.